The van der Waals surface area contributed by atoms with E-state index in [0.717, 1.165) is 43.0 Å². The Balaban J connectivity index is 1.73. The number of nitrogens with zero attached hydrogens (tertiary/aromatic N) is 3. The Hall–Kier alpha value is -2.37. The number of carbonyl (C=O) groups is 2. The van der Waals surface area contributed by atoms with Crippen LogP contribution in [0.4, 0.5) is 0 Å². The van der Waals surface area contributed by atoms with E-state index in [4.69, 9.17) is 4.74 Å². The van der Waals surface area contributed by atoms with Crippen molar-refractivity contribution in [2.75, 3.05) is 26.7 Å². The van der Waals surface area contributed by atoms with Crippen LogP contribution in [0.3, 0.4) is 0 Å². The third-order valence-corrected chi connectivity index (χ3v) is 4.27. The fourth-order valence-corrected chi connectivity index (χ4v) is 2.91. The molecule has 1 aromatic rings. The molecule has 0 bridgehead atoms. The van der Waals surface area contributed by atoms with Gasteiger partial charge < -0.3 is 9.64 Å². The molecule has 0 spiro atoms. The molecule has 122 valence electrons. The topological polar surface area (TPSA) is 62.2 Å². The molecule has 1 fully saturated rings. The summed E-state index contributed by atoms with van der Waals surface area (Å²) < 4.78 is 5.15. The van der Waals surface area contributed by atoms with Gasteiger partial charge >= 0.3 is 0 Å². The predicted octanol–water partition coefficient (Wildman–Crippen LogP) is 1.64. The fourth-order valence-electron chi connectivity index (χ4n) is 2.91. The number of hydrogen-bond donors (Lipinski definition) is 0. The summed E-state index contributed by atoms with van der Waals surface area (Å²) >= 11 is 0. The van der Waals surface area contributed by atoms with Crippen molar-refractivity contribution in [1.82, 2.24) is 9.91 Å². The summed E-state index contributed by atoms with van der Waals surface area (Å²) in [6.45, 7) is 1.62. The first-order valence-corrected chi connectivity index (χ1v) is 7.97. The van der Waals surface area contributed by atoms with E-state index in [1.165, 1.54) is 5.01 Å². The van der Waals surface area contributed by atoms with Gasteiger partial charge in [-0.05, 0) is 42.7 Å². The fraction of sp³-hybridized carbons (Fsp3) is 0.471. The van der Waals surface area contributed by atoms with Crippen molar-refractivity contribution in [3.63, 3.8) is 0 Å². The van der Waals surface area contributed by atoms with Crippen LogP contribution in [-0.4, -0.2) is 54.2 Å². The van der Waals surface area contributed by atoms with Crippen molar-refractivity contribution in [2.45, 2.75) is 25.7 Å². The van der Waals surface area contributed by atoms with Crippen LogP contribution < -0.4 is 4.74 Å². The third-order valence-electron chi connectivity index (χ3n) is 4.27. The molecule has 0 aliphatic carbocycles. The molecule has 2 heterocycles. The van der Waals surface area contributed by atoms with Crippen LogP contribution in [0.25, 0.3) is 0 Å². The molecule has 6 heteroatoms. The summed E-state index contributed by atoms with van der Waals surface area (Å²) in [7, 11) is 1.62. The van der Waals surface area contributed by atoms with Crippen LogP contribution in [0, 0.1) is 0 Å². The lowest BCUT2D eigenvalue weighted by atomic mass is 10.0. The number of hydrazone groups is 1. The lowest BCUT2D eigenvalue weighted by Crippen LogP contribution is -2.41. The second-order valence-electron chi connectivity index (χ2n) is 5.81. The standard InChI is InChI=1S/C17H21N3O3/c1-23-14-6-4-13(5-7-14)15-8-9-16(21)20(18-15)12-17(22)19-10-2-3-11-19/h4-7H,2-3,8-12H2,1H3. The largest absolute Gasteiger partial charge is 0.497 e. The molecule has 0 radical (unpaired) electrons. The molecule has 0 aromatic heterocycles. The van der Waals surface area contributed by atoms with Crippen molar-refractivity contribution < 1.29 is 14.3 Å². The minimum absolute atomic E-state index is 0.0180. The van der Waals surface area contributed by atoms with E-state index in [-0.39, 0.29) is 18.4 Å². The molecular weight excluding hydrogens is 294 g/mol. The number of benzene rings is 1. The third kappa shape index (κ3) is 3.52. The van der Waals surface area contributed by atoms with E-state index in [0.29, 0.717) is 12.8 Å². The van der Waals surface area contributed by atoms with Gasteiger partial charge in [0.25, 0.3) is 0 Å². The Morgan fingerprint density at radius 3 is 2.52 bits per heavy atom. The zero-order valence-corrected chi connectivity index (χ0v) is 13.3. The van der Waals surface area contributed by atoms with E-state index in [2.05, 4.69) is 5.10 Å². The van der Waals surface area contributed by atoms with Gasteiger partial charge in [-0.15, -0.1) is 0 Å². The molecule has 1 saturated heterocycles. The average molecular weight is 315 g/mol. The lowest BCUT2D eigenvalue weighted by Gasteiger charge is -2.25. The Morgan fingerprint density at radius 1 is 1.17 bits per heavy atom. The molecule has 0 unspecified atom stereocenters. The van der Waals surface area contributed by atoms with Crippen molar-refractivity contribution >= 4 is 17.5 Å². The van der Waals surface area contributed by atoms with E-state index in [1.807, 2.05) is 29.2 Å². The van der Waals surface area contributed by atoms with Crippen molar-refractivity contribution in [3.8, 4) is 5.75 Å². The Labute approximate surface area is 135 Å². The summed E-state index contributed by atoms with van der Waals surface area (Å²) in [4.78, 5) is 26.1. The molecule has 0 saturated carbocycles. The number of hydrogen-bond acceptors (Lipinski definition) is 4. The second kappa shape index (κ2) is 6.81. The second-order valence-corrected chi connectivity index (χ2v) is 5.81. The van der Waals surface area contributed by atoms with Crippen molar-refractivity contribution in [1.29, 1.82) is 0 Å². The zero-order valence-electron chi connectivity index (χ0n) is 13.3. The molecule has 2 amide bonds. The first-order valence-electron chi connectivity index (χ1n) is 7.97. The maximum atomic E-state index is 12.2. The van der Waals surface area contributed by atoms with Crippen LogP contribution in [0.1, 0.15) is 31.2 Å². The van der Waals surface area contributed by atoms with Crippen molar-refractivity contribution in [2.24, 2.45) is 5.10 Å². The normalized spacial score (nSPS) is 18.1. The average Bonchev–Trinajstić information content (AvgIpc) is 3.11. The predicted molar refractivity (Wildman–Crippen MR) is 86.3 cm³/mol. The molecule has 2 aliphatic rings. The number of carbonyl (C=O) groups excluding carboxylic acids is 2. The number of methoxy groups -OCH3 is 1. The highest BCUT2D eigenvalue weighted by molar-refractivity contribution is 6.04. The van der Waals surface area contributed by atoms with Crippen LogP contribution in [0.15, 0.2) is 29.4 Å². The molecule has 0 N–H and O–H groups in total. The van der Waals surface area contributed by atoms with Crippen LogP contribution in [0.2, 0.25) is 0 Å². The van der Waals surface area contributed by atoms with E-state index in [9.17, 15) is 9.59 Å². The summed E-state index contributed by atoms with van der Waals surface area (Å²) in [5, 5.41) is 5.74. The number of ether oxygens (including phenoxy) is 1. The summed E-state index contributed by atoms with van der Waals surface area (Å²) in [6, 6.07) is 7.59. The molecule has 2 aliphatic heterocycles. The molecule has 6 nitrogen and oxygen atoms in total. The molecule has 23 heavy (non-hydrogen) atoms. The highest BCUT2D eigenvalue weighted by Gasteiger charge is 2.26. The SMILES string of the molecule is COc1ccc(C2=NN(CC(=O)N3CCCC3)C(=O)CC2)cc1. The Kier molecular flexibility index (Phi) is 4.60. The van der Waals surface area contributed by atoms with Gasteiger partial charge in [0, 0.05) is 25.9 Å². The van der Waals surface area contributed by atoms with Gasteiger partial charge in [-0.1, -0.05) is 0 Å². The van der Waals surface area contributed by atoms with Crippen LogP contribution in [-0.2, 0) is 9.59 Å². The number of rotatable bonds is 4. The van der Waals surface area contributed by atoms with Crippen LogP contribution >= 0.6 is 0 Å². The van der Waals surface area contributed by atoms with Crippen molar-refractivity contribution in [3.05, 3.63) is 29.8 Å². The first-order chi connectivity index (χ1) is 11.2. The van der Waals surface area contributed by atoms with Gasteiger partial charge in [0.15, 0.2) is 0 Å². The minimum Gasteiger partial charge on any atom is -0.497 e. The quantitative estimate of drug-likeness (QED) is 0.848. The van der Waals surface area contributed by atoms with Gasteiger partial charge in [0.05, 0.1) is 12.8 Å². The van der Waals surface area contributed by atoms with Crippen LogP contribution in [0.5, 0.6) is 5.75 Å². The maximum Gasteiger partial charge on any atom is 0.244 e. The lowest BCUT2D eigenvalue weighted by molar-refractivity contribution is -0.140. The monoisotopic (exact) mass is 315 g/mol. The summed E-state index contributed by atoms with van der Waals surface area (Å²) in [6.07, 6.45) is 3.07. The highest BCUT2D eigenvalue weighted by atomic mass is 16.5. The number of amides is 2. The Bertz CT molecular complexity index is 618. The van der Waals surface area contributed by atoms with Gasteiger partial charge in [0.1, 0.15) is 12.3 Å². The molecular formula is C17H21N3O3. The summed E-state index contributed by atoms with van der Waals surface area (Å²) in [5.41, 5.74) is 1.79. The molecule has 3 rings (SSSR count). The van der Waals surface area contributed by atoms with E-state index >= 15 is 0 Å². The number of likely N-dealkylation sites (tertiary alicyclic amines) is 1. The first kappa shape index (κ1) is 15.5. The van der Waals surface area contributed by atoms with Gasteiger partial charge in [-0.2, -0.15) is 5.10 Å². The maximum absolute atomic E-state index is 12.2. The van der Waals surface area contributed by atoms with E-state index in [1.54, 1.807) is 7.11 Å². The zero-order chi connectivity index (χ0) is 16.2. The summed E-state index contributed by atoms with van der Waals surface area (Å²) in [5.74, 6) is 0.674. The highest BCUT2D eigenvalue weighted by Crippen LogP contribution is 2.18. The van der Waals surface area contributed by atoms with Gasteiger partial charge in [0.2, 0.25) is 11.8 Å². The minimum atomic E-state index is -0.0881. The van der Waals surface area contributed by atoms with Gasteiger partial charge in [-0.3, -0.25) is 9.59 Å². The Morgan fingerprint density at radius 2 is 1.87 bits per heavy atom. The molecule has 1 aromatic carbocycles. The smallest absolute Gasteiger partial charge is 0.244 e. The van der Waals surface area contributed by atoms with E-state index < -0.39 is 0 Å². The molecule has 0 atom stereocenters. The van der Waals surface area contributed by atoms with Gasteiger partial charge in [-0.25, -0.2) is 5.01 Å².